The van der Waals surface area contributed by atoms with Gasteiger partial charge in [-0.2, -0.15) is 5.11 Å². The highest BCUT2D eigenvalue weighted by Gasteiger charge is 2.03. The minimum absolute atomic E-state index is 0.574. The predicted octanol–water partition coefficient (Wildman–Crippen LogP) is 3.67. The molecule has 0 aliphatic rings. The summed E-state index contributed by atoms with van der Waals surface area (Å²) in [6, 6.07) is 13.1. The first-order valence-electron chi connectivity index (χ1n) is 6.22. The molecule has 21 heavy (non-hydrogen) atoms. The third-order valence-electron chi connectivity index (χ3n) is 2.56. The van der Waals surface area contributed by atoms with Crippen LogP contribution in [0.5, 0.6) is 0 Å². The molecule has 0 aliphatic heterocycles. The molecule has 2 rings (SSSR count). The van der Waals surface area contributed by atoms with Crippen molar-refractivity contribution in [3.05, 3.63) is 48.0 Å². The van der Waals surface area contributed by atoms with Crippen molar-refractivity contribution in [1.29, 1.82) is 0 Å². The van der Waals surface area contributed by atoms with Crippen LogP contribution in [0.15, 0.2) is 52.7 Å². The lowest BCUT2D eigenvalue weighted by Gasteiger charge is -2.05. The van der Waals surface area contributed by atoms with E-state index in [0.29, 0.717) is 17.1 Å². The maximum atomic E-state index is 9.00. The van der Waals surface area contributed by atoms with Crippen molar-refractivity contribution < 1.29 is 9.90 Å². The van der Waals surface area contributed by atoms with Gasteiger partial charge in [-0.3, -0.25) is 4.79 Å². The van der Waals surface area contributed by atoms with Gasteiger partial charge in [0, 0.05) is 12.6 Å². The maximum Gasteiger partial charge on any atom is 0.300 e. The first-order valence-corrected chi connectivity index (χ1v) is 6.22. The molecule has 0 spiro atoms. The number of carboxylic acids is 1. The Hall–Kier alpha value is -2.89. The van der Waals surface area contributed by atoms with Gasteiger partial charge in [-0.25, -0.2) is 0 Å². The van der Waals surface area contributed by atoms with Gasteiger partial charge in [-0.15, -0.1) is 5.11 Å². The zero-order valence-corrected chi connectivity index (χ0v) is 11.9. The number of hydrogen-bond acceptors (Lipinski definition) is 5. The van der Waals surface area contributed by atoms with E-state index in [2.05, 4.69) is 10.2 Å². The van der Waals surface area contributed by atoms with E-state index in [4.69, 9.17) is 21.4 Å². The van der Waals surface area contributed by atoms with Crippen LogP contribution in [0.3, 0.4) is 0 Å². The van der Waals surface area contributed by atoms with E-state index in [9.17, 15) is 0 Å². The van der Waals surface area contributed by atoms with Crippen LogP contribution in [-0.2, 0) is 4.79 Å². The van der Waals surface area contributed by atoms with Gasteiger partial charge in [0.1, 0.15) is 5.69 Å². The summed E-state index contributed by atoms with van der Waals surface area (Å²) in [7, 11) is 0. The smallest absolute Gasteiger partial charge is 0.300 e. The monoisotopic (exact) mass is 286 g/mol. The summed E-state index contributed by atoms with van der Waals surface area (Å²) in [5.74, 6) is -0.833. The molecule has 0 aromatic heterocycles. The third-order valence-corrected chi connectivity index (χ3v) is 2.56. The number of aliphatic carboxylic acids is 1. The standard InChI is InChI=1S/C13H14N4.C2H4O2/c1-9-11(14)7-8-12(13(9)15)17-16-10-5-3-2-4-6-10;1-2(3)4/h2-8H,14-15H2,1H3;1H3,(H,3,4). The van der Waals surface area contributed by atoms with Gasteiger partial charge >= 0.3 is 0 Å². The normalized spacial score (nSPS) is 10.0. The molecular formula is C15H18N4O2. The van der Waals surface area contributed by atoms with E-state index in [-0.39, 0.29) is 0 Å². The van der Waals surface area contributed by atoms with Gasteiger partial charge in [0.2, 0.25) is 0 Å². The second-order valence-corrected chi connectivity index (χ2v) is 4.27. The number of nitrogens with two attached hydrogens (primary N) is 2. The number of nitrogens with zero attached hydrogens (tertiary/aromatic N) is 2. The van der Waals surface area contributed by atoms with Crippen LogP contribution < -0.4 is 11.5 Å². The van der Waals surface area contributed by atoms with Gasteiger partial charge < -0.3 is 16.6 Å². The highest BCUT2D eigenvalue weighted by atomic mass is 16.4. The van der Waals surface area contributed by atoms with Gasteiger partial charge in [0.05, 0.1) is 11.4 Å². The molecular weight excluding hydrogens is 268 g/mol. The first kappa shape index (κ1) is 16.2. The number of benzene rings is 2. The Morgan fingerprint density at radius 1 is 1.05 bits per heavy atom. The van der Waals surface area contributed by atoms with Crippen LogP contribution in [0, 0.1) is 6.92 Å². The van der Waals surface area contributed by atoms with E-state index in [1.165, 1.54) is 0 Å². The summed E-state index contributed by atoms with van der Waals surface area (Å²) >= 11 is 0. The van der Waals surface area contributed by atoms with Crippen LogP contribution in [0.2, 0.25) is 0 Å². The molecule has 0 heterocycles. The third kappa shape index (κ3) is 5.32. The van der Waals surface area contributed by atoms with Gasteiger partial charge in [0.25, 0.3) is 5.97 Å². The topological polar surface area (TPSA) is 114 Å². The average molecular weight is 286 g/mol. The molecule has 0 saturated carbocycles. The molecule has 6 heteroatoms. The number of azo groups is 1. The summed E-state index contributed by atoms with van der Waals surface area (Å²) in [6.45, 7) is 2.95. The largest absolute Gasteiger partial charge is 0.481 e. The zero-order chi connectivity index (χ0) is 15.8. The lowest BCUT2D eigenvalue weighted by molar-refractivity contribution is -0.134. The molecule has 2 aromatic rings. The number of carbonyl (C=O) groups is 1. The van der Waals surface area contributed by atoms with Crippen molar-refractivity contribution in [2.45, 2.75) is 13.8 Å². The Morgan fingerprint density at radius 3 is 2.19 bits per heavy atom. The van der Waals surface area contributed by atoms with Gasteiger partial charge in [0.15, 0.2) is 0 Å². The van der Waals surface area contributed by atoms with Crippen LogP contribution in [0.1, 0.15) is 12.5 Å². The van der Waals surface area contributed by atoms with E-state index in [1.54, 1.807) is 12.1 Å². The molecule has 0 aliphatic carbocycles. The number of carboxylic acid groups (broad SMARTS) is 1. The van der Waals surface area contributed by atoms with Crippen molar-refractivity contribution in [3.63, 3.8) is 0 Å². The Bertz CT molecular complexity index is 636. The van der Waals surface area contributed by atoms with E-state index >= 15 is 0 Å². The van der Waals surface area contributed by atoms with Crippen molar-refractivity contribution >= 4 is 28.7 Å². The minimum atomic E-state index is -0.833. The fourth-order valence-electron chi connectivity index (χ4n) is 1.42. The molecule has 6 nitrogen and oxygen atoms in total. The fourth-order valence-corrected chi connectivity index (χ4v) is 1.42. The van der Waals surface area contributed by atoms with Gasteiger partial charge in [-0.1, -0.05) is 18.2 Å². The Labute approximate surface area is 123 Å². The highest BCUT2D eigenvalue weighted by Crippen LogP contribution is 2.30. The SMILES string of the molecule is CC(=O)O.Cc1c(N)ccc(N=Nc2ccccc2)c1N. The summed E-state index contributed by atoms with van der Waals surface area (Å²) in [4.78, 5) is 9.00. The van der Waals surface area contributed by atoms with E-state index in [1.807, 2.05) is 37.3 Å². The summed E-state index contributed by atoms with van der Waals surface area (Å²) in [6.07, 6.45) is 0. The number of nitrogen functional groups attached to an aromatic ring is 2. The quantitative estimate of drug-likeness (QED) is 0.577. The van der Waals surface area contributed by atoms with E-state index in [0.717, 1.165) is 18.2 Å². The highest BCUT2D eigenvalue weighted by molar-refractivity contribution is 5.73. The number of rotatable bonds is 2. The molecule has 0 bridgehead atoms. The van der Waals surface area contributed by atoms with Gasteiger partial charge in [-0.05, 0) is 36.8 Å². The van der Waals surface area contributed by atoms with Crippen LogP contribution in [-0.4, -0.2) is 11.1 Å². The summed E-state index contributed by atoms with van der Waals surface area (Å²) < 4.78 is 0. The van der Waals surface area contributed by atoms with Crippen LogP contribution >= 0.6 is 0 Å². The molecule has 0 fully saturated rings. The summed E-state index contributed by atoms with van der Waals surface area (Å²) in [5.41, 5.74) is 15.2. The fraction of sp³-hybridized carbons (Fsp3) is 0.133. The lowest BCUT2D eigenvalue weighted by Crippen LogP contribution is -1.95. The van der Waals surface area contributed by atoms with Crippen molar-refractivity contribution in [2.75, 3.05) is 11.5 Å². The van der Waals surface area contributed by atoms with Crippen molar-refractivity contribution in [2.24, 2.45) is 10.2 Å². The Kier molecular flexibility index (Phi) is 5.88. The van der Waals surface area contributed by atoms with Crippen LogP contribution in [0.25, 0.3) is 0 Å². The molecule has 110 valence electrons. The molecule has 5 N–H and O–H groups in total. The Morgan fingerprint density at radius 2 is 1.62 bits per heavy atom. The molecule has 0 saturated heterocycles. The second kappa shape index (κ2) is 7.64. The molecule has 0 radical (unpaired) electrons. The molecule has 0 atom stereocenters. The summed E-state index contributed by atoms with van der Waals surface area (Å²) in [5, 5.41) is 15.7. The minimum Gasteiger partial charge on any atom is -0.481 e. The Balaban J connectivity index is 0.000000491. The molecule has 0 unspecified atom stereocenters. The maximum absolute atomic E-state index is 9.00. The van der Waals surface area contributed by atoms with Crippen molar-refractivity contribution in [3.8, 4) is 0 Å². The van der Waals surface area contributed by atoms with E-state index < -0.39 is 5.97 Å². The first-order chi connectivity index (χ1) is 9.91. The lowest BCUT2D eigenvalue weighted by atomic mass is 10.1. The molecule has 2 aromatic carbocycles. The predicted molar refractivity (Wildman–Crippen MR) is 83.9 cm³/mol. The average Bonchev–Trinajstić information content (AvgIpc) is 2.45. The zero-order valence-electron chi connectivity index (χ0n) is 11.9. The van der Waals surface area contributed by atoms with Crippen molar-refractivity contribution in [1.82, 2.24) is 0 Å². The number of hydrogen-bond donors (Lipinski definition) is 3. The molecule has 0 amide bonds. The number of anilines is 2. The van der Waals surface area contributed by atoms with Crippen LogP contribution in [0.4, 0.5) is 22.7 Å². The second-order valence-electron chi connectivity index (χ2n) is 4.27.